The summed E-state index contributed by atoms with van der Waals surface area (Å²) in [5, 5.41) is 9.08. The van der Waals surface area contributed by atoms with Gasteiger partial charge in [-0.15, -0.1) is 0 Å². The molecule has 102 valence electrons. The molecule has 2 heterocycles. The van der Waals surface area contributed by atoms with E-state index in [1.165, 1.54) is 0 Å². The lowest BCUT2D eigenvalue weighted by Crippen LogP contribution is -2.54. The highest BCUT2D eigenvalue weighted by atomic mass is 19.1. The molecular weight excluding hydrogens is 250 g/mol. The monoisotopic (exact) mass is 266 g/mol. The van der Waals surface area contributed by atoms with Crippen molar-refractivity contribution in [1.29, 1.82) is 5.26 Å². The van der Waals surface area contributed by atoms with Crippen LogP contribution in [0.2, 0.25) is 0 Å². The van der Waals surface area contributed by atoms with Crippen molar-refractivity contribution in [2.24, 2.45) is 0 Å². The maximum Gasteiger partial charge on any atom is 0.168 e. The molecule has 0 bridgehead atoms. The number of piperazine rings is 1. The minimum Gasteiger partial charge on any atom is -0.352 e. The molecule has 0 radical (unpaired) electrons. The molecule has 0 atom stereocenters. The van der Waals surface area contributed by atoms with Crippen LogP contribution in [0.3, 0.4) is 0 Å². The third-order valence-corrected chi connectivity index (χ3v) is 3.43. The van der Waals surface area contributed by atoms with Crippen LogP contribution in [-0.2, 0) is 0 Å². The molecular formula is C13H16F2N4. The van der Waals surface area contributed by atoms with E-state index >= 15 is 0 Å². The lowest BCUT2D eigenvalue weighted by molar-refractivity contribution is 0.157. The fourth-order valence-corrected chi connectivity index (χ4v) is 2.19. The number of anilines is 1. The Labute approximate surface area is 111 Å². The first-order valence-corrected chi connectivity index (χ1v) is 6.16. The predicted molar refractivity (Wildman–Crippen MR) is 67.6 cm³/mol. The molecule has 1 fully saturated rings. The highest BCUT2D eigenvalue weighted by Crippen LogP contribution is 2.21. The summed E-state index contributed by atoms with van der Waals surface area (Å²) in [6.45, 7) is 6.16. The second-order valence-electron chi connectivity index (χ2n) is 5.10. The molecule has 1 aromatic rings. The van der Waals surface area contributed by atoms with Gasteiger partial charge in [0, 0.05) is 32.2 Å². The van der Waals surface area contributed by atoms with E-state index in [1.54, 1.807) is 4.90 Å². The van der Waals surface area contributed by atoms with Gasteiger partial charge in [0.15, 0.2) is 11.6 Å². The third-order valence-electron chi connectivity index (χ3n) is 3.43. The molecule has 1 saturated heterocycles. The fourth-order valence-electron chi connectivity index (χ4n) is 2.19. The van der Waals surface area contributed by atoms with Crippen LogP contribution in [0.4, 0.5) is 14.6 Å². The van der Waals surface area contributed by atoms with Crippen LogP contribution in [0.25, 0.3) is 0 Å². The van der Waals surface area contributed by atoms with Gasteiger partial charge in [0.1, 0.15) is 11.4 Å². The van der Waals surface area contributed by atoms with E-state index in [-0.39, 0.29) is 5.82 Å². The van der Waals surface area contributed by atoms with Crippen molar-refractivity contribution in [3.63, 3.8) is 0 Å². The first kappa shape index (κ1) is 13.7. The van der Waals surface area contributed by atoms with Crippen LogP contribution >= 0.6 is 0 Å². The zero-order valence-corrected chi connectivity index (χ0v) is 11.0. The van der Waals surface area contributed by atoms with E-state index in [2.05, 4.69) is 11.1 Å². The standard InChI is InChI=1S/C13H16F2N4/c1-13(2,9-16)19-5-3-18(4-6-19)12-11(15)7-10(14)8-17-12/h7-8H,3-6H2,1-2H3. The van der Waals surface area contributed by atoms with Crippen molar-refractivity contribution < 1.29 is 8.78 Å². The Morgan fingerprint density at radius 2 is 1.89 bits per heavy atom. The van der Waals surface area contributed by atoms with Crippen LogP contribution in [0.15, 0.2) is 12.3 Å². The van der Waals surface area contributed by atoms with Gasteiger partial charge >= 0.3 is 0 Å². The normalized spacial score (nSPS) is 17.3. The molecule has 0 saturated carbocycles. The van der Waals surface area contributed by atoms with Crippen molar-refractivity contribution in [3.05, 3.63) is 23.9 Å². The molecule has 0 N–H and O–H groups in total. The number of halogens is 2. The average Bonchev–Trinajstić information content (AvgIpc) is 2.39. The zero-order valence-electron chi connectivity index (χ0n) is 11.0. The minimum absolute atomic E-state index is 0.177. The summed E-state index contributed by atoms with van der Waals surface area (Å²) in [6, 6.07) is 3.09. The number of nitrogens with zero attached hydrogens (tertiary/aromatic N) is 4. The van der Waals surface area contributed by atoms with Crippen molar-refractivity contribution in [1.82, 2.24) is 9.88 Å². The van der Waals surface area contributed by atoms with Crippen molar-refractivity contribution in [3.8, 4) is 6.07 Å². The fraction of sp³-hybridized carbons (Fsp3) is 0.538. The Balaban J connectivity index is 2.06. The Morgan fingerprint density at radius 1 is 1.26 bits per heavy atom. The van der Waals surface area contributed by atoms with Gasteiger partial charge in [0.25, 0.3) is 0 Å². The first-order chi connectivity index (χ1) is 8.94. The minimum atomic E-state index is -0.675. The quantitative estimate of drug-likeness (QED) is 0.818. The van der Waals surface area contributed by atoms with Crippen LogP contribution in [0.1, 0.15) is 13.8 Å². The van der Waals surface area contributed by atoms with Gasteiger partial charge in [0.05, 0.1) is 12.3 Å². The summed E-state index contributed by atoms with van der Waals surface area (Å²) >= 11 is 0. The number of hydrogen-bond donors (Lipinski definition) is 0. The summed E-state index contributed by atoms with van der Waals surface area (Å²) in [6.07, 6.45) is 1.02. The Hall–Kier alpha value is -1.74. The van der Waals surface area contributed by atoms with E-state index in [4.69, 9.17) is 5.26 Å². The molecule has 1 aromatic heterocycles. The summed E-state index contributed by atoms with van der Waals surface area (Å²) < 4.78 is 26.4. The highest BCUT2D eigenvalue weighted by Gasteiger charge is 2.30. The van der Waals surface area contributed by atoms with Gasteiger partial charge < -0.3 is 4.90 Å². The number of aromatic nitrogens is 1. The van der Waals surface area contributed by atoms with E-state index in [0.717, 1.165) is 12.3 Å². The van der Waals surface area contributed by atoms with Crippen molar-refractivity contribution >= 4 is 5.82 Å². The number of rotatable bonds is 2. The second kappa shape index (κ2) is 5.10. The largest absolute Gasteiger partial charge is 0.352 e. The van der Waals surface area contributed by atoms with Crippen molar-refractivity contribution in [2.75, 3.05) is 31.1 Å². The lowest BCUT2D eigenvalue weighted by atomic mass is 10.0. The molecule has 1 aliphatic heterocycles. The topological polar surface area (TPSA) is 43.2 Å². The summed E-state index contributed by atoms with van der Waals surface area (Å²) in [5.74, 6) is -1.14. The lowest BCUT2D eigenvalue weighted by Gasteiger charge is -2.40. The number of pyridine rings is 1. The van der Waals surface area contributed by atoms with E-state index in [0.29, 0.717) is 26.2 Å². The van der Waals surface area contributed by atoms with Crippen LogP contribution in [0.5, 0.6) is 0 Å². The van der Waals surface area contributed by atoms with Gasteiger partial charge in [-0.1, -0.05) is 0 Å². The molecule has 0 amide bonds. The van der Waals surface area contributed by atoms with Gasteiger partial charge in [-0.05, 0) is 13.8 Å². The molecule has 1 aliphatic rings. The van der Waals surface area contributed by atoms with Gasteiger partial charge in [-0.25, -0.2) is 13.8 Å². The molecule has 0 aliphatic carbocycles. The average molecular weight is 266 g/mol. The van der Waals surface area contributed by atoms with Gasteiger partial charge in [-0.2, -0.15) is 5.26 Å². The Kier molecular flexibility index (Phi) is 3.67. The molecule has 0 spiro atoms. The Morgan fingerprint density at radius 3 is 2.42 bits per heavy atom. The molecule has 0 aromatic carbocycles. The maximum absolute atomic E-state index is 13.6. The predicted octanol–water partition coefficient (Wildman–Crippen LogP) is 1.78. The third kappa shape index (κ3) is 2.82. The Bertz CT molecular complexity index is 502. The van der Waals surface area contributed by atoms with Gasteiger partial charge in [-0.3, -0.25) is 4.90 Å². The second-order valence-corrected chi connectivity index (χ2v) is 5.10. The molecule has 4 nitrogen and oxygen atoms in total. The van der Waals surface area contributed by atoms with Gasteiger partial charge in [0.2, 0.25) is 0 Å². The summed E-state index contributed by atoms with van der Waals surface area (Å²) in [4.78, 5) is 7.62. The highest BCUT2D eigenvalue weighted by molar-refractivity contribution is 5.40. The SMILES string of the molecule is CC(C)(C#N)N1CCN(c2ncc(F)cc2F)CC1. The summed E-state index contributed by atoms with van der Waals surface area (Å²) in [7, 11) is 0. The van der Waals surface area contributed by atoms with Crippen molar-refractivity contribution in [2.45, 2.75) is 19.4 Å². The first-order valence-electron chi connectivity index (χ1n) is 6.16. The van der Waals surface area contributed by atoms with Crippen LogP contribution in [0, 0.1) is 23.0 Å². The van der Waals surface area contributed by atoms with E-state index < -0.39 is 17.2 Å². The zero-order chi connectivity index (χ0) is 14.0. The van der Waals surface area contributed by atoms with Crippen LogP contribution in [-0.4, -0.2) is 41.6 Å². The van der Waals surface area contributed by atoms with E-state index in [1.807, 2.05) is 18.7 Å². The number of hydrogen-bond acceptors (Lipinski definition) is 4. The number of nitriles is 1. The smallest absolute Gasteiger partial charge is 0.168 e. The summed E-state index contributed by atoms with van der Waals surface area (Å²) in [5.41, 5.74) is -0.527. The maximum atomic E-state index is 13.6. The van der Waals surface area contributed by atoms with Crippen LogP contribution < -0.4 is 4.90 Å². The molecule has 0 unspecified atom stereocenters. The molecule has 6 heteroatoms. The molecule has 2 rings (SSSR count). The van der Waals surface area contributed by atoms with E-state index in [9.17, 15) is 8.78 Å². The molecule has 19 heavy (non-hydrogen) atoms.